The highest BCUT2D eigenvalue weighted by Crippen LogP contribution is 2.21. The number of piperazine rings is 1. The van der Waals surface area contributed by atoms with Crippen molar-refractivity contribution in [3.63, 3.8) is 0 Å². The Hall–Kier alpha value is -1.89. The lowest BCUT2D eigenvalue weighted by Gasteiger charge is -2.31. The Morgan fingerprint density at radius 1 is 1.08 bits per heavy atom. The summed E-state index contributed by atoms with van der Waals surface area (Å²) in [6, 6.07) is 18.4. The van der Waals surface area contributed by atoms with Crippen molar-refractivity contribution in [3.05, 3.63) is 59.6 Å². The first-order valence-electron chi connectivity index (χ1n) is 8.91. The zero-order valence-electron chi connectivity index (χ0n) is 14.6. The van der Waals surface area contributed by atoms with E-state index >= 15 is 0 Å². The third kappa shape index (κ3) is 4.26. The molecule has 2 heterocycles. The Morgan fingerprint density at radius 3 is 2.58 bits per heavy atom. The van der Waals surface area contributed by atoms with E-state index in [2.05, 4.69) is 30.3 Å². The molecule has 134 valence electrons. The van der Waals surface area contributed by atoms with Crippen molar-refractivity contribution in [1.82, 2.24) is 9.88 Å². The molecule has 1 amide bonds. The average Bonchev–Trinajstić information content (AvgIpc) is 3.10. The van der Waals surface area contributed by atoms with Gasteiger partial charge in [0.2, 0.25) is 5.91 Å². The topological polar surface area (TPSA) is 37.6 Å². The van der Waals surface area contributed by atoms with Crippen LogP contribution in [0.3, 0.4) is 0 Å². The fraction of sp³-hybridized carbons (Fsp3) is 0.300. The molecule has 0 atom stereocenters. The van der Waals surface area contributed by atoms with Gasteiger partial charge in [-0.2, -0.15) is 0 Å². The maximum Gasteiger partial charge on any atom is 0.233 e. The van der Waals surface area contributed by atoms with E-state index in [1.165, 1.54) is 14.6 Å². The summed E-state index contributed by atoms with van der Waals surface area (Å²) >= 11 is 3.41. The van der Waals surface area contributed by atoms with Gasteiger partial charge in [-0.15, -0.1) is 23.1 Å². The van der Waals surface area contributed by atoms with Crippen molar-refractivity contribution in [2.75, 3.05) is 31.9 Å². The summed E-state index contributed by atoms with van der Waals surface area (Å²) in [6.07, 6.45) is 0. The van der Waals surface area contributed by atoms with Gasteiger partial charge in [-0.05, 0) is 24.3 Å². The molecule has 1 aliphatic rings. The van der Waals surface area contributed by atoms with Crippen LogP contribution in [0, 0.1) is 0 Å². The van der Waals surface area contributed by atoms with Gasteiger partial charge in [-0.25, -0.2) is 4.98 Å². The van der Waals surface area contributed by atoms with Crippen LogP contribution in [0.25, 0.3) is 10.2 Å². The average molecular weight is 385 g/mol. The van der Waals surface area contributed by atoms with Crippen LogP contribution in [0.1, 0.15) is 5.01 Å². The van der Waals surface area contributed by atoms with Gasteiger partial charge in [-0.3, -0.25) is 4.79 Å². The molecule has 0 radical (unpaired) electrons. The highest BCUT2D eigenvalue weighted by Gasteiger charge is 2.24. The SMILES string of the molecule is O=C(CSc1ccccc1)N1CC[NH+](Cc2nc3ccccc3s2)CC1. The van der Waals surface area contributed by atoms with Crippen molar-refractivity contribution in [2.24, 2.45) is 0 Å². The molecule has 0 bridgehead atoms. The number of aromatic nitrogens is 1. The second-order valence-corrected chi connectivity index (χ2v) is 8.65. The fourth-order valence-corrected chi connectivity index (χ4v) is 5.07. The molecule has 3 aromatic rings. The van der Waals surface area contributed by atoms with Crippen LogP contribution >= 0.6 is 23.1 Å². The monoisotopic (exact) mass is 384 g/mol. The van der Waals surface area contributed by atoms with E-state index in [1.54, 1.807) is 23.1 Å². The first kappa shape index (κ1) is 17.5. The summed E-state index contributed by atoms with van der Waals surface area (Å²) in [7, 11) is 0. The number of carbonyl (C=O) groups is 1. The normalized spacial score (nSPS) is 15.5. The first-order chi connectivity index (χ1) is 12.8. The number of para-hydroxylation sites is 1. The van der Waals surface area contributed by atoms with Crippen LogP contribution < -0.4 is 4.90 Å². The molecule has 2 aromatic carbocycles. The van der Waals surface area contributed by atoms with Gasteiger partial charge in [0.1, 0.15) is 11.6 Å². The van der Waals surface area contributed by atoms with Crippen molar-refractivity contribution in [2.45, 2.75) is 11.4 Å². The highest BCUT2D eigenvalue weighted by molar-refractivity contribution is 8.00. The minimum Gasteiger partial charge on any atom is -0.331 e. The van der Waals surface area contributed by atoms with Gasteiger partial charge in [0.15, 0.2) is 0 Å². The zero-order chi connectivity index (χ0) is 17.8. The number of benzene rings is 2. The van der Waals surface area contributed by atoms with Gasteiger partial charge >= 0.3 is 0 Å². The number of thiazole rings is 1. The summed E-state index contributed by atoms with van der Waals surface area (Å²) in [5.41, 5.74) is 1.10. The number of amides is 1. The van der Waals surface area contributed by atoms with Crippen molar-refractivity contribution < 1.29 is 9.69 Å². The summed E-state index contributed by atoms with van der Waals surface area (Å²) in [6.45, 7) is 4.64. The molecule has 6 heteroatoms. The maximum absolute atomic E-state index is 12.4. The third-order valence-corrected chi connectivity index (χ3v) is 6.70. The van der Waals surface area contributed by atoms with E-state index in [9.17, 15) is 4.79 Å². The number of carbonyl (C=O) groups excluding carboxylic acids is 1. The Balaban J connectivity index is 1.26. The number of quaternary nitrogens is 1. The maximum atomic E-state index is 12.4. The standard InChI is InChI=1S/C20H21N3OS2/c24-20(15-25-16-6-2-1-3-7-16)23-12-10-22(11-13-23)14-19-21-17-8-4-5-9-18(17)26-19/h1-9H,10-15H2/p+1. The Labute approximate surface area is 161 Å². The highest BCUT2D eigenvalue weighted by atomic mass is 32.2. The van der Waals surface area contributed by atoms with Crippen molar-refractivity contribution in [3.8, 4) is 0 Å². The molecule has 26 heavy (non-hydrogen) atoms. The molecule has 1 aromatic heterocycles. The molecule has 0 aliphatic carbocycles. The van der Waals surface area contributed by atoms with E-state index in [1.807, 2.05) is 29.2 Å². The molecule has 1 N–H and O–H groups in total. The van der Waals surface area contributed by atoms with Crippen LogP contribution in [0.2, 0.25) is 0 Å². The number of hydrogen-bond donors (Lipinski definition) is 1. The van der Waals surface area contributed by atoms with E-state index in [0.29, 0.717) is 5.75 Å². The molecule has 0 saturated carbocycles. The molecule has 0 spiro atoms. The lowest BCUT2D eigenvalue weighted by atomic mass is 10.3. The summed E-state index contributed by atoms with van der Waals surface area (Å²) in [5, 5.41) is 1.20. The minimum atomic E-state index is 0.248. The van der Waals surface area contributed by atoms with Crippen LogP contribution in [0.4, 0.5) is 0 Å². The molecule has 1 saturated heterocycles. The first-order valence-corrected chi connectivity index (χ1v) is 10.7. The second-order valence-electron chi connectivity index (χ2n) is 6.48. The molecule has 4 rings (SSSR count). The smallest absolute Gasteiger partial charge is 0.233 e. The molecular formula is C20H22N3OS2+. The number of hydrogen-bond acceptors (Lipinski definition) is 4. The Kier molecular flexibility index (Phi) is 5.53. The van der Waals surface area contributed by atoms with Gasteiger partial charge < -0.3 is 9.80 Å². The van der Waals surface area contributed by atoms with Gasteiger partial charge in [0.05, 0.1) is 42.1 Å². The number of nitrogens with one attached hydrogen (secondary N) is 1. The van der Waals surface area contributed by atoms with Gasteiger partial charge in [0.25, 0.3) is 0 Å². The Morgan fingerprint density at radius 2 is 1.81 bits per heavy atom. The zero-order valence-corrected chi connectivity index (χ0v) is 16.2. The number of thioether (sulfide) groups is 1. The number of fused-ring (bicyclic) bond motifs is 1. The summed E-state index contributed by atoms with van der Waals surface area (Å²) in [4.78, 5) is 21.9. The lowest BCUT2D eigenvalue weighted by Crippen LogP contribution is -3.13. The van der Waals surface area contributed by atoms with Crippen LogP contribution in [-0.2, 0) is 11.3 Å². The van der Waals surface area contributed by atoms with E-state index in [4.69, 9.17) is 4.98 Å². The Bertz CT molecular complexity index is 840. The van der Waals surface area contributed by atoms with E-state index in [0.717, 1.165) is 43.1 Å². The van der Waals surface area contributed by atoms with E-state index < -0.39 is 0 Å². The van der Waals surface area contributed by atoms with Crippen molar-refractivity contribution >= 4 is 39.2 Å². The van der Waals surface area contributed by atoms with E-state index in [-0.39, 0.29) is 5.91 Å². The second kappa shape index (κ2) is 8.20. The predicted octanol–water partition coefficient (Wildman–Crippen LogP) is 2.32. The summed E-state index contributed by atoms with van der Waals surface area (Å²) < 4.78 is 1.26. The quantitative estimate of drug-likeness (QED) is 0.686. The fourth-order valence-electron chi connectivity index (χ4n) is 3.21. The molecule has 0 unspecified atom stereocenters. The lowest BCUT2D eigenvalue weighted by molar-refractivity contribution is -0.917. The minimum absolute atomic E-state index is 0.248. The summed E-state index contributed by atoms with van der Waals surface area (Å²) in [5.74, 6) is 0.773. The largest absolute Gasteiger partial charge is 0.331 e. The van der Waals surface area contributed by atoms with Crippen LogP contribution in [0.15, 0.2) is 59.5 Å². The molecule has 1 fully saturated rings. The van der Waals surface area contributed by atoms with Gasteiger partial charge in [0, 0.05) is 4.90 Å². The van der Waals surface area contributed by atoms with Gasteiger partial charge in [-0.1, -0.05) is 30.3 Å². The number of nitrogens with zero attached hydrogens (tertiary/aromatic N) is 2. The van der Waals surface area contributed by atoms with Crippen LogP contribution in [0.5, 0.6) is 0 Å². The van der Waals surface area contributed by atoms with Crippen molar-refractivity contribution in [1.29, 1.82) is 0 Å². The molecule has 4 nitrogen and oxygen atoms in total. The molecule has 1 aliphatic heterocycles. The third-order valence-electron chi connectivity index (χ3n) is 4.67. The number of rotatable bonds is 5. The molecular weight excluding hydrogens is 362 g/mol. The van der Waals surface area contributed by atoms with Crippen LogP contribution in [-0.4, -0.2) is 47.7 Å². The predicted molar refractivity (Wildman–Crippen MR) is 108 cm³/mol.